The number of hydrogen-bond donors (Lipinski definition) is 2. The maximum absolute atomic E-state index is 11.2. The number of nitro benzene ring substituents is 1. The molecule has 0 unspecified atom stereocenters. The number of aromatic nitrogens is 2. The van der Waals surface area contributed by atoms with Gasteiger partial charge in [0.15, 0.2) is 0 Å². The predicted octanol–water partition coefficient (Wildman–Crippen LogP) is 6.88. The normalized spacial score (nSPS) is 12.2. The summed E-state index contributed by atoms with van der Waals surface area (Å²) in [6.07, 6.45) is 2.96. The zero-order valence-electron chi connectivity index (χ0n) is 19.9. The summed E-state index contributed by atoms with van der Waals surface area (Å²) in [7, 11) is 0. The largest absolute Gasteiger partial charge is 0.507 e. The summed E-state index contributed by atoms with van der Waals surface area (Å²) >= 11 is 0. The van der Waals surface area contributed by atoms with E-state index in [4.69, 9.17) is 0 Å². The molecule has 4 aromatic rings. The van der Waals surface area contributed by atoms with Gasteiger partial charge in [-0.15, -0.1) is 0 Å². The fourth-order valence-corrected chi connectivity index (χ4v) is 4.01. The molecule has 0 aliphatic rings. The molecule has 176 valence electrons. The topological polar surface area (TPSA) is 109 Å². The molecule has 0 aliphatic heterocycles. The quantitative estimate of drug-likeness (QED) is 0.188. The minimum atomic E-state index is -0.496. The molecule has 0 saturated heterocycles. The first-order valence-corrected chi connectivity index (χ1v) is 11.0. The van der Waals surface area contributed by atoms with Crippen LogP contribution in [0.2, 0.25) is 0 Å². The third kappa shape index (κ3) is 5.04. The van der Waals surface area contributed by atoms with E-state index in [2.05, 4.69) is 9.97 Å². The van der Waals surface area contributed by atoms with Crippen LogP contribution in [0.4, 0.5) is 5.69 Å². The molecule has 7 heteroatoms. The highest BCUT2D eigenvalue weighted by Gasteiger charge is 2.14. The van der Waals surface area contributed by atoms with Crippen molar-refractivity contribution < 1.29 is 15.1 Å². The van der Waals surface area contributed by atoms with Crippen molar-refractivity contribution >= 4 is 40.4 Å². The third-order valence-corrected chi connectivity index (χ3v) is 5.78. The first-order chi connectivity index (χ1) is 16.6. The average molecular weight is 468 g/mol. The molecular weight excluding hydrogens is 442 g/mol. The van der Waals surface area contributed by atoms with Gasteiger partial charge in [-0.3, -0.25) is 10.1 Å². The van der Waals surface area contributed by atoms with Gasteiger partial charge in [-0.2, -0.15) is 0 Å². The Morgan fingerprint density at radius 1 is 0.743 bits per heavy atom. The van der Waals surface area contributed by atoms with Gasteiger partial charge in [0.05, 0.1) is 27.3 Å². The van der Waals surface area contributed by atoms with Gasteiger partial charge in [0.25, 0.3) is 5.69 Å². The minimum absolute atomic E-state index is 0.00119. The molecule has 0 amide bonds. The van der Waals surface area contributed by atoms with Crippen LogP contribution in [0.15, 0.2) is 54.6 Å². The van der Waals surface area contributed by atoms with Crippen LogP contribution in [0, 0.1) is 37.8 Å². The standard InChI is InChI=1S/C28H25N3O4/c1-16-5-8-21(18(3)11-16)27(32)14-25-26(15-28(33)22-9-6-17(2)12-19(22)4)30-24-13-20(31(34)35)7-10-23(24)29-25/h5-15,32-33H,1-4H3. The van der Waals surface area contributed by atoms with Crippen molar-refractivity contribution in [3.8, 4) is 0 Å². The summed E-state index contributed by atoms with van der Waals surface area (Å²) < 4.78 is 0. The molecule has 1 heterocycles. The first-order valence-electron chi connectivity index (χ1n) is 11.0. The molecule has 0 atom stereocenters. The summed E-state index contributed by atoms with van der Waals surface area (Å²) in [5.74, 6) is -0.0269. The Kier molecular flexibility index (Phi) is 6.34. The monoisotopic (exact) mass is 467 g/mol. The fraction of sp³-hybridized carbons (Fsp3) is 0.143. The smallest absolute Gasteiger partial charge is 0.271 e. The lowest BCUT2D eigenvalue weighted by atomic mass is 10.0. The van der Waals surface area contributed by atoms with Crippen molar-refractivity contribution in [2.24, 2.45) is 0 Å². The number of aryl methyl sites for hydroxylation is 4. The SMILES string of the molecule is Cc1ccc(C(O)=Cc2nc3ccc([N+](=O)[O-])cc3nc2C=C(O)c2ccc(C)cc2C)c(C)c1. The van der Waals surface area contributed by atoms with Crippen LogP contribution in [0.25, 0.3) is 34.7 Å². The molecule has 0 fully saturated rings. The van der Waals surface area contributed by atoms with Gasteiger partial charge in [-0.25, -0.2) is 9.97 Å². The van der Waals surface area contributed by atoms with Crippen LogP contribution in [0.3, 0.4) is 0 Å². The molecule has 0 bridgehead atoms. The summed E-state index contributed by atoms with van der Waals surface area (Å²) in [6.45, 7) is 7.75. The van der Waals surface area contributed by atoms with E-state index < -0.39 is 4.92 Å². The second kappa shape index (κ2) is 9.38. The Morgan fingerprint density at radius 3 is 1.69 bits per heavy atom. The van der Waals surface area contributed by atoms with Gasteiger partial charge in [0.2, 0.25) is 0 Å². The Balaban J connectivity index is 1.91. The van der Waals surface area contributed by atoms with E-state index in [1.165, 1.54) is 30.4 Å². The summed E-state index contributed by atoms with van der Waals surface area (Å²) in [5, 5.41) is 33.1. The van der Waals surface area contributed by atoms with Gasteiger partial charge in [-0.1, -0.05) is 47.5 Å². The van der Waals surface area contributed by atoms with E-state index in [1.54, 1.807) is 0 Å². The number of aliphatic hydroxyl groups is 2. The van der Waals surface area contributed by atoms with Crippen molar-refractivity contribution in [1.29, 1.82) is 0 Å². The molecule has 0 radical (unpaired) electrons. The third-order valence-electron chi connectivity index (χ3n) is 5.78. The lowest BCUT2D eigenvalue weighted by Gasteiger charge is -2.10. The van der Waals surface area contributed by atoms with Crippen molar-refractivity contribution in [2.75, 3.05) is 0 Å². The zero-order chi connectivity index (χ0) is 25.3. The number of rotatable bonds is 5. The van der Waals surface area contributed by atoms with E-state index in [9.17, 15) is 20.3 Å². The zero-order valence-corrected chi connectivity index (χ0v) is 19.9. The van der Waals surface area contributed by atoms with Crippen molar-refractivity contribution in [2.45, 2.75) is 27.7 Å². The number of benzene rings is 3. The van der Waals surface area contributed by atoms with Crippen LogP contribution in [-0.4, -0.2) is 25.1 Å². The van der Waals surface area contributed by atoms with Crippen LogP contribution >= 0.6 is 0 Å². The molecule has 7 nitrogen and oxygen atoms in total. The maximum atomic E-state index is 11.2. The number of non-ortho nitro benzene ring substituents is 1. The van der Waals surface area contributed by atoms with E-state index >= 15 is 0 Å². The number of hydrogen-bond acceptors (Lipinski definition) is 6. The minimum Gasteiger partial charge on any atom is -0.507 e. The molecule has 0 aliphatic carbocycles. The highest BCUT2D eigenvalue weighted by molar-refractivity contribution is 5.87. The van der Waals surface area contributed by atoms with Crippen molar-refractivity contribution in [3.05, 3.63) is 109 Å². The molecule has 1 aromatic heterocycles. The second-order valence-corrected chi connectivity index (χ2v) is 8.62. The summed E-state index contributed by atoms with van der Waals surface area (Å²) in [4.78, 5) is 19.9. The molecule has 2 N–H and O–H groups in total. The van der Waals surface area contributed by atoms with Gasteiger partial charge >= 0.3 is 0 Å². The second-order valence-electron chi connectivity index (χ2n) is 8.62. The lowest BCUT2D eigenvalue weighted by Crippen LogP contribution is -1.98. The van der Waals surface area contributed by atoms with Crippen LogP contribution in [-0.2, 0) is 0 Å². The van der Waals surface area contributed by atoms with E-state index in [0.29, 0.717) is 27.9 Å². The number of aliphatic hydroxyl groups excluding tert-OH is 2. The molecular formula is C28H25N3O4. The van der Waals surface area contributed by atoms with Crippen LogP contribution < -0.4 is 0 Å². The molecule has 0 spiro atoms. The Labute approximate surface area is 202 Å². The Morgan fingerprint density at radius 2 is 1.23 bits per heavy atom. The van der Waals surface area contributed by atoms with E-state index in [-0.39, 0.29) is 22.9 Å². The fourth-order valence-electron chi connectivity index (χ4n) is 4.01. The Bertz CT molecular complexity index is 1540. The van der Waals surface area contributed by atoms with Crippen molar-refractivity contribution in [1.82, 2.24) is 9.97 Å². The number of nitro groups is 1. The highest BCUT2D eigenvalue weighted by Crippen LogP contribution is 2.27. The summed E-state index contributed by atoms with van der Waals surface area (Å²) in [5.41, 5.74) is 6.43. The highest BCUT2D eigenvalue weighted by atomic mass is 16.6. The lowest BCUT2D eigenvalue weighted by molar-refractivity contribution is -0.384. The predicted molar refractivity (Wildman–Crippen MR) is 139 cm³/mol. The average Bonchev–Trinajstić information content (AvgIpc) is 2.78. The Hall–Kier alpha value is -4.52. The molecule has 0 saturated carbocycles. The van der Waals surface area contributed by atoms with E-state index in [0.717, 1.165) is 22.3 Å². The molecule has 35 heavy (non-hydrogen) atoms. The number of nitrogens with zero attached hydrogens (tertiary/aromatic N) is 3. The molecule has 4 rings (SSSR count). The maximum Gasteiger partial charge on any atom is 0.271 e. The van der Waals surface area contributed by atoms with Gasteiger partial charge in [0, 0.05) is 35.4 Å². The first kappa shape index (κ1) is 23.6. The van der Waals surface area contributed by atoms with Crippen molar-refractivity contribution in [3.63, 3.8) is 0 Å². The molecule has 3 aromatic carbocycles. The summed E-state index contributed by atoms with van der Waals surface area (Å²) in [6, 6.07) is 15.6. The van der Waals surface area contributed by atoms with Gasteiger partial charge in [-0.05, 0) is 44.9 Å². The van der Waals surface area contributed by atoms with E-state index in [1.807, 2.05) is 64.1 Å². The van der Waals surface area contributed by atoms with Crippen LogP contribution in [0.5, 0.6) is 0 Å². The van der Waals surface area contributed by atoms with Crippen LogP contribution in [0.1, 0.15) is 44.8 Å². The van der Waals surface area contributed by atoms with Gasteiger partial charge in [0.1, 0.15) is 11.5 Å². The number of fused-ring (bicyclic) bond motifs is 1. The van der Waals surface area contributed by atoms with Gasteiger partial charge < -0.3 is 10.2 Å².